The van der Waals surface area contributed by atoms with Gasteiger partial charge in [0.05, 0.1) is 22.6 Å². The number of aromatic nitrogens is 3. The van der Waals surface area contributed by atoms with E-state index in [9.17, 15) is 15.0 Å². The first-order valence-electron chi connectivity index (χ1n) is 11.7. The Labute approximate surface area is 202 Å². The summed E-state index contributed by atoms with van der Waals surface area (Å²) in [4.78, 5) is 25.4. The first-order chi connectivity index (χ1) is 16.5. The maximum absolute atomic E-state index is 12.6. The predicted octanol–water partition coefficient (Wildman–Crippen LogP) is 3.29. The summed E-state index contributed by atoms with van der Waals surface area (Å²) in [6, 6.07) is 3.26. The van der Waals surface area contributed by atoms with Crippen molar-refractivity contribution >= 4 is 17.4 Å². The maximum atomic E-state index is 12.6. The van der Waals surface area contributed by atoms with Crippen LogP contribution < -0.4 is 4.74 Å². The number of fused-ring (bicyclic) bond motifs is 1. The molecule has 1 aliphatic carbocycles. The maximum Gasteiger partial charge on any atom is 0.416 e. The number of thiazole rings is 1. The smallest absolute Gasteiger partial charge is 0.416 e. The summed E-state index contributed by atoms with van der Waals surface area (Å²) in [6.45, 7) is 5.73. The average molecular weight is 484 g/mol. The molecule has 0 radical (unpaired) electrons. The Kier molecular flexibility index (Phi) is 6.42. The molecule has 9 nitrogen and oxygen atoms in total. The summed E-state index contributed by atoms with van der Waals surface area (Å²) in [5, 5.41) is 24.4. The molecule has 1 saturated heterocycles. The van der Waals surface area contributed by atoms with Gasteiger partial charge in [-0.1, -0.05) is 0 Å². The number of nitrogens with zero attached hydrogens (tertiary/aromatic N) is 5. The van der Waals surface area contributed by atoms with Crippen molar-refractivity contribution in [2.45, 2.75) is 39.0 Å². The minimum Gasteiger partial charge on any atom is -0.494 e. The van der Waals surface area contributed by atoms with Gasteiger partial charge in [0.25, 0.3) is 0 Å². The molecule has 1 amide bonds. The van der Waals surface area contributed by atoms with Gasteiger partial charge in [-0.2, -0.15) is 0 Å². The summed E-state index contributed by atoms with van der Waals surface area (Å²) >= 11 is 1.67. The molecule has 2 N–H and O–H groups in total. The summed E-state index contributed by atoms with van der Waals surface area (Å²) in [7, 11) is 0. The molecule has 4 heterocycles. The average Bonchev–Trinajstić information content (AvgIpc) is 3.39. The van der Waals surface area contributed by atoms with Crippen LogP contribution in [-0.4, -0.2) is 73.4 Å². The van der Waals surface area contributed by atoms with Crippen molar-refractivity contribution in [1.82, 2.24) is 24.3 Å². The van der Waals surface area contributed by atoms with E-state index in [1.165, 1.54) is 10.8 Å². The molecule has 1 fully saturated rings. The lowest BCUT2D eigenvalue weighted by Crippen LogP contribution is -2.50. The Hall–Kier alpha value is -3.11. The molecule has 5 rings (SSSR count). The van der Waals surface area contributed by atoms with Crippen LogP contribution in [0.25, 0.3) is 5.69 Å². The highest BCUT2D eigenvalue weighted by Gasteiger charge is 2.26. The van der Waals surface area contributed by atoms with Crippen molar-refractivity contribution in [2.24, 2.45) is 0 Å². The van der Waals surface area contributed by atoms with Crippen molar-refractivity contribution in [1.29, 1.82) is 0 Å². The third-order valence-corrected chi connectivity index (χ3v) is 7.41. The van der Waals surface area contributed by atoms with Crippen molar-refractivity contribution in [3.05, 3.63) is 45.5 Å². The topological polar surface area (TPSA) is 104 Å². The van der Waals surface area contributed by atoms with Gasteiger partial charge in [0, 0.05) is 61.7 Å². The molecule has 3 aromatic heterocycles. The summed E-state index contributed by atoms with van der Waals surface area (Å²) in [6.07, 6.45) is 5.49. The molecular formula is C24H29N5O4S. The first kappa shape index (κ1) is 22.7. The van der Waals surface area contributed by atoms with E-state index >= 15 is 0 Å². The fraction of sp³-hybridized carbons (Fsp3) is 0.458. The van der Waals surface area contributed by atoms with Crippen LogP contribution in [0.3, 0.4) is 0 Å². The van der Waals surface area contributed by atoms with Gasteiger partial charge in [-0.05, 0) is 38.7 Å². The minimum atomic E-state index is -0.419. The zero-order chi connectivity index (χ0) is 23.7. The van der Waals surface area contributed by atoms with Gasteiger partial charge in [0.15, 0.2) is 0 Å². The molecule has 1 aliphatic heterocycles. The van der Waals surface area contributed by atoms with Crippen molar-refractivity contribution in [3.8, 4) is 23.3 Å². The molecule has 34 heavy (non-hydrogen) atoms. The SMILES string of the molecule is Cc1nc(CCN2CCN(C(=O)Oc3ccc(-n4c(O)c5c(c4O)CCCC5)cn3)CC2)cs1. The summed E-state index contributed by atoms with van der Waals surface area (Å²) in [5.41, 5.74) is 3.26. The molecule has 2 aliphatic rings. The second-order valence-corrected chi connectivity index (χ2v) is 9.87. The van der Waals surface area contributed by atoms with E-state index in [4.69, 9.17) is 4.74 Å². The van der Waals surface area contributed by atoms with Gasteiger partial charge in [-0.3, -0.25) is 4.90 Å². The second-order valence-electron chi connectivity index (χ2n) is 8.81. The predicted molar refractivity (Wildman–Crippen MR) is 128 cm³/mol. The zero-order valence-electron chi connectivity index (χ0n) is 19.2. The highest BCUT2D eigenvalue weighted by molar-refractivity contribution is 7.09. The number of aromatic hydroxyl groups is 2. The number of hydrogen-bond acceptors (Lipinski definition) is 8. The summed E-state index contributed by atoms with van der Waals surface area (Å²) in [5.74, 6) is 0.300. The van der Waals surface area contributed by atoms with Crippen molar-refractivity contribution in [3.63, 3.8) is 0 Å². The van der Waals surface area contributed by atoms with Gasteiger partial charge in [0.2, 0.25) is 17.6 Å². The molecule has 10 heteroatoms. The van der Waals surface area contributed by atoms with E-state index < -0.39 is 6.09 Å². The van der Waals surface area contributed by atoms with Crippen LogP contribution in [0.5, 0.6) is 17.6 Å². The summed E-state index contributed by atoms with van der Waals surface area (Å²) < 4.78 is 6.87. The lowest BCUT2D eigenvalue weighted by molar-refractivity contribution is 0.110. The molecular weight excluding hydrogens is 454 g/mol. The number of piperazine rings is 1. The van der Waals surface area contributed by atoms with Crippen LogP contribution in [0, 0.1) is 6.92 Å². The molecule has 0 spiro atoms. The highest BCUT2D eigenvalue weighted by atomic mass is 32.1. The zero-order valence-corrected chi connectivity index (χ0v) is 20.1. The van der Waals surface area contributed by atoms with E-state index in [0.29, 0.717) is 18.8 Å². The van der Waals surface area contributed by atoms with Crippen LogP contribution in [0.15, 0.2) is 23.7 Å². The molecule has 3 aromatic rings. The van der Waals surface area contributed by atoms with Crippen LogP contribution in [0.1, 0.15) is 34.7 Å². The van der Waals surface area contributed by atoms with Gasteiger partial charge in [-0.15, -0.1) is 11.3 Å². The van der Waals surface area contributed by atoms with Crippen LogP contribution in [0.4, 0.5) is 4.79 Å². The van der Waals surface area contributed by atoms with Crippen LogP contribution in [-0.2, 0) is 19.3 Å². The van der Waals surface area contributed by atoms with Gasteiger partial charge in [0.1, 0.15) is 0 Å². The molecule has 0 aromatic carbocycles. The lowest BCUT2D eigenvalue weighted by atomic mass is 9.95. The third kappa shape index (κ3) is 4.60. The molecule has 180 valence electrons. The Bertz CT molecular complexity index is 1140. The van der Waals surface area contributed by atoms with Crippen molar-refractivity contribution < 1.29 is 19.7 Å². The Balaban J connectivity index is 1.15. The van der Waals surface area contributed by atoms with E-state index in [1.54, 1.807) is 28.4 Å². The van der Waals surface area contributed by atoms with E-state index in [1.807, 2.05) is 6.92 Å². The fourth-order valence-corrected chi connectivity index (χ4v) is 5.33. The number of ether oxygens (including phenoxy) is 1. The highest BCUT2D eigenvalue weighted by Crippen LogP contribution is 2.40. The lowest BCUT2D eigenvalue weighted by Gasteiger charge is -2.33. The number of pyridine rings is 1. The quantitative estimate of drug-likeness (QED) is 0.574. The number of aryl methyl sites for hydroxylation is 1. The molecule has 0 bridgehead atoms. The Morgan fingerprint density at radius 2 is 1.79 bits per heavy atom. The standard InChI is InChI=1S/C24H29N5O4S/c1-16-26-17(15-34-16)8-9-27-10-12-28(13-11-27)24(32)33-21-7-6-18(14-25-21)29-22(30)19-4-2-3-5-20(19)23(29)31/h6-7,14-15,30-31H,2-5,8-13H2,1H3. The number of rotatable bonds is 5. The van der Waals surface area contributed by atoms with Crippen LogP contribution in [0.2, 0.25) is 0 Å². The van der Waals surface area contributed by atoms with Gasteiger partial charge in [-0.25, -0.2) is 19.3 Å². The van der Waals surface area contributed by atoms with E-state index in [-0.39, 0.29) is 17.6 Å². The third-order valence-electron chi connectivity index (χ3n) is 6.58. The van der Waals surface area contributed by atoms with Gasteiger partial charge >= 0.3 is 6.09 Å². The largest absolute Gasteiger partial charge is 0.494 e. The number of hydrogen-bond donors (Lipinski definition) is 2. The normalized spacial score (nSPS) is 16.4. The number of carbonyl (C=O) groups excluding carboxylic acids is 1. The number of amides is 1. The molecule has 0 unspecified atom stereocenters. The first-order valence-corrected chi connectivity index (χ1v) is 12.6. The molecule has 0 saturated carbocycles. The number of carbonyl (C=O) groups is 1. The van der Waals surface area contributed by atoms with Crippen LogP contribution >= 0.6 is 11.3 Å². The van der Waals surface area contributed by atoms with Gasteiger partial charge < -0.3 is 19.8 Å². The van der Waals surface area contributed by atoms with E-state index in [2.05, 4.69) is 20.2 Å². The monoisotopic (exact) mass is 483 g/mol. The Morgan fingerprint density at radius 1 is 1.09 bits per heavy atom. The Morgan fingerprint density at radius 3 is 2.38 bits per heavy atom. The minimum absolute atomic E-state index is 0.0570. The fourth-order valence-electron chi connectivity index (χ4n) is 4.68. The molecule has 0 atom stereocenters. The second kappa shape index (κ2) is 9.63. The van der Waals surface area contributed by atoms with E-state index in [0.717, 1.165) is 73.6 Å². The van der Waals surface area contributed by atoms with Crippen molar-refractivity contribution in [2.75, 3.05) is 32.7 Å².